The third-order valence-electron chi connectivity index (χ3n) is 2.21. The smallest absolute Gasteiger partial charge is 0.182 e. The van der Waals surface area contributed by atoms with Crippen LogP contribution in [0.4, 0.5) is 0 Å². The molecule has 0 aliphatic heterocycles. The standard InChI is InChI=1S/C11H9N3S/c1-8-7-13-11(15)14(8)10-4-2-9(6-12)3-5-10/h2-5,7H,1H3,(H,13,15). The second-order valence-electron chi connectivity index (χ2n) is 3.23. The van der Waals surface area contributed by atoms with Crippen molar-refractivity contribution in [3.8, 4) is 11.8 Å². The fourth-order valence-electron chi connectivity index (χ4n) is 1.46. The second kappa shape index (κ2) is 3.71. The number of nitrogens with zero attached hydrogens (tertiary/aromatic N) is 2. The molecule has 1 heterocycles. The lowest BCUT2D eigenvalue weighted by Gasteiger charge is -2.04. The van der Waals surface area contributed by atoms with Crippen molar-refractivity contribution in [1.29, 1.82) is 5.26 Å². The van der Waals surface area contributed by atoms with E-state index in [2.05, 4.69) is 11.1 Å². The number of hydrogen-bond acceptors (Lipinski definition) is 2. The predicted molar refractivity (Wildman–Crippen MR) is 60.4 cm³/mol. The lowest BCUT2D eigenvalue weighted by molar-refractivity contribution is 0.985. The van der Waals surface area contributed by atoms with E-state index in [1.54, 1.807) is 12.1 Å². The monoisotopic (exact) mass is 215 g/mol. The number of aryl methyl sites for hydroxylation is 1. The summed E-state index contributed by atoms with van der Waals surface area (Å²) in [6.45, 7) is 1.98. The molecule has 3 nitrogen and oxygen atoms in total. The van der Waals surface area contributed by atoms with Crippen molar-refractivity contribution in [2.24, 2.45) is 0 Å². The molecule has 15 heavy (non-hydrogen) atoms. The molecule has 0 saturated heterocycles. The Morgan fingerprint density at radius 3 is 2.47 bits per heavy atom. The minimum atomic E-state index is 0.651. The topological polar surface area (TPSA) is 44.5 Å². The summed E-state index contributed by atoms with van der Waals surface area (Å²) in [7, 11) is 0. The van der Waals surface area contributed by atoms with Gasteiger partial charge in [-0.15, -0.1) is 0 Å². The summed E-state index contributed by atoms with van der Waals surface area (Å²) in [6.07, 6.45) is 1.86. The van der Waals surface area contributed by atoms with Crippen LogP contribution in [0.25, 0.3) is 5.69 Å². The average molecular weight is 215 g/mol. The molecule has 2 rings (SSSR count). The molecular formula is C11H9N3S. The molecule has 0 radical (unpaired) electrons. The van der Waals surface area contributed by atoms with E-state index in [4.69, 9.17) is 17.5 Å². The molecule has 0 aliphatic rings. The van der Waals surface area contributed by atoms with Crippen LogP contribution < -0.4 is 0 Å². The molecule has 1 aromatic carbocycles. The van der Waals surface area contributed by atoms with Gasteiger partial charge in [-0.05, 0) is 43.4 Å². The van der Waals surface area contributed by atoms with Gasteiger partial charge in [-0.3, -0.25) is 4.57 Å². The van der Waals surface area contributed by atoms with Crippen LogP contribution in [0.3, 0.4) is 0 Å². The third-order valence-corrected chi connectivity index (χ3v) is 2.52. The van der Waals surface area contributed by atoms with Crippen molar-refractivity contribution in [2.45, 2.75) is 6.92 Å². The molecule has 0 bridgehead atoms. The molecule has 1 N–H and O–H groups in total. The molecule has 74 valence electrons. The van der Waals surface area contributed by atoms with Gasteiger partial charge in [0.15, 0.2) is 4.77 Å². The number of hydrogen-bond donors (Lipinski definition) is 1. The number of H-pyrrole nitrogens is 1. The first-order chi connectivity index (χ1) is 7.22. The van der Waals surface area contributed by atoms with E-state index in [0.29, 0.717) is 10.3 Å². The van der Waals surface area contributed by atoms with Gasteiger partial charge < -0.3 is 4.98 Å². The highest BCUT2D eigenvalue weighted by Crippen LogP contribution is 2.12. The van der Waals surface area contributed by atoms with Crippen molar-refractivity contribution in [3.05, 3.63) is 46.5 Å². The van der Waals surface area contributed by atoms with Gasteiger partial charge >= 0.3 is 0 Å². The fraction of sp³-hybridized carbons (Fsp3) is 0.0909. The SMILES string of the molecule is Cc1c[nH]c(=S)n1-c1ccc(C#N)cc1. The van der Waals surface area contributed by atoms with Crippen LogP contribution in [0.15, 0.2) is 30.5 Å². The Labute approximate surface area is 92.6 Å². The average Bonchev–Trinajstić information content (AvgIpc) is 2.59. The minimum Gasteiger partial charge on any atom is -0.337 e. The second-order valence-corrected chi connectivity index (χ2v) is 3.62. The Kier molecular flexibility index (Phi) is 2.40. The van der Waals surface area contributed by atoms with Crippen LogP contribution in [0, 0.1) is 23.0 Å². The summed E-state index contributed by atoms with van der Waals surface area (Å²) in [4.78, 5) is 2.98. The molecule has 0 spiro atoms. The number of nitrogens with one attached hydrogen (secondary N) is 1. The van der Waals surface area contributed by atoms with Gasteiger partial charge in [-0.1, -0.05) is 0 Å². The normalized spacial score (nSPS) is 9.87. The number of nitriles is 1. The maximum absolute atomic E-state index is 8.68. The summed E-state index contributed by atoms with van der Waals surface area (Å²) in [5.74, 6) is 0. The van der Waals surface area contributed by atoms with E-state index in [1.807, 2.05) is 29.8 Å². The Balaban J connectivity index is 2.56. The van der Waals surface area contributed by atoms with E-state index in [9.17, 15) is 0 Å². The van der Waals surface area contributed by atoms with Crippen molar-refractivity contribution >= 4 is 12.2 Å². The van der Waals surface area contributed by atoms with Gasteiger partial charge in [-0.2, -0.15) is 5.26 Å². The van der Waals surface area contributed by atoms with E-state index in [1.165, 1.54) is 0 Å². The van der Waals surface area contributed by atoms with Crippen molar-refractivity contribution < 1.29 is 0 Å². The summed E-state index contributed by atoms with van der Waals surface area (Å²) >= 11 is 5.16. The first-order valence-electron chi connectivity index (χ1n) is 4.50. The van der Waals surface area contributed by atoms with Gasteiger partial charge in [0.1, 0.15) is 0 Å². The quantitative estimate of drug-likeness (QED) is 0.743. The van der Waals surface area contributed by atoms with Crippen molar-refractivity contribution in [2.75, 3.05) is 0 Å². The highest BCUT2D eigenvalue weighted by molar-refractivity contribution is 7.71. The Bertz CT molecular complexity index is 569. The molecule has 0 amide bonds. The predicted octanol–water partition coefficient (Wildman–Crippen LogP) is 2.71. The summed E-state index contributed by atoms with van der Waals surface area (Å²) in [6, 6.07) is 9.42. The Morgan fingerprint density at radius 2 is 2.00 bits per heavy atom. The molecule has 0 fully saturated rings. The van der Waals surface area contributed by atoms with E-state index in [-0.39, 0.29) is 0 Å². The van der Waals surface area contributed by atoms with Crippen LogP contribution in [0.1, 0.15) is 11.3 Å². The van der Waals surface area contributed by atoms with Crippen molar-refractivity contribution in [3.63, 3.8) is 0 Å². The van der Waals surface area contributed by atoms with Crippen LogP contribution in [0.5, 0.6) is 0 Å². The van der Waals surface area contributed by atoms with Gasteiger partial charge in [0.25, 0.3) is 0 Å². The van der Waals surface area contributed by atoms with Crippen molar-refractivity contribution in [1.82, 2.24) is 9.55 Å². The van der Waals surface area contributed by atoms with Gasteiger partial charge in [0.05, 0.1) is 11.6 Å². The van der Waals surface area contributed by atoms with Gasteiger partial charge in [-0.25, -0.2) is 0 Å². The Hall–Kier alpha value is -1.86. The molecule has 2 aromatic rings. The zero-order valence-electron chi connectivity index (χ0n) is 8.19. The molecule has 0 saturated carbocycles. The zero-order valence-corrected chi connectivity index (χ0v) is 9.01. The van der Waals surface area contributed by atoms with Gasteiger partial charge in [0, 0.05) is 17.6 Å². The van der Waals surface area contributed by atoms with Crippen LogP contribution in [-0.2, 0) is 0 Å². The van der Waals surface area contributed by atoms with Gasteiger partial charge in [0.2, 0.25) is 0 Å². The lowest BCUT2D eigenvalue weighted by Crippen LogP contribution is -1.95. The van der Waals surface area contributed by atoms with E-state index < -0.39 is 0 Å². The summed E-state index contributed by atoms with van der Waals surface area (Å²) in [5.41, 5.74) is 2.67. The zero-order chi connectivity index (χ0) is 10.8. The fourth-order valence-corrected chi connectivity index (χ4v) is 1.77. The van der Waals surface area contributed by atoms with E-state index in [0.717, 1.165) is 11.4 Å². The first-order valence-corrected chi connectivity index (χ1v) is 4.91. The number of rotatable bonds is 1. The number of aromatic nitrogens is 2. The first kappa shape index (κ1) is 9.69. The largest absolute Gasteiger partial charge is 0.337 e. The highest BCUT2D eigenvalue weighted by Gasteiger charge is 2.01. The van der Waals surface area contributed by atoms with Crippen LogP contribution in [-0.4, -0.2) is 9.55 Å². The molecule has 4 heteroatoms. The van der Waals surface area contributed by atoms with Crippen LogP contribution >= 0.6 is 12.2 Å². The van der Waals surface area contributed by atoms with E-state index >= 15 is 0 Å². The third kappa shape index (κ3) is 1.69. The minimum absolute atomic E-state index is 0.651. The molecule has 0 aliphatic carbocycles. The maximum atomic E-state index is 8.68. The Morgan fingerprint density at radius 1 is 1.33 bits per heavy atom. The van der Waals surface area contributed by atoms with Crippen LogP contribution in [0.2, 0.25) is 0 Å². The lowest BCUT2D eigenvalue weighted by atomic mass is 10.2. The molecular weight excluding hydrogens is 206 g/mol. The number of aromatic amines is 1. The maximum Gasteiger partial charge on any atom is 0.182 e. The summed E-state index contributed by atoms with van der Waals surface area (Å²) in [5, 5.41) is 8.68. The molecule has 0 atom stereocenters. The highest BCUT2D eigenvalue weighted by atomic mass is 32.1. The molecule has 0 unspecified atom stereocenters. The number of benzene rings is 1. The number of imidazole rings is 1. The molecule has 1 aromatic heterocycles. The summed E-state index contributed by atoms with van der Waals surface area (Å²) < 4.78 is 2.59.